The van der Waals surface area contributed by atoms with Crippen molar-refractivity contribution in [3.63, 3.8) is 0 Å². The molecule has 1 fully saturated rings. The van der Waals surface area contributed by atoms with Gasteiger partial charge in [0.15, 0.2) is 0 Å². The molecular weight excluding hydrogens is 292 g/mol. The quantitative estimate of drug-likeness (QED) is 0.872. The highest BCUT2D eigenvalue weighted by atomic mass is 35.5. The summed E-state index contributed by atoms with van der Waals surface area (Å²) in [6.45, 7) is 3.68. The van der Waals surface area contributed by atoms with Gasteiger partial charge in [0.05, 0.1) is 5.56 Å². The average molecular weight is 315 g/mol. The Bertz CT molecular complexity index is 453. The maximum Gasteiger partial charge on any atom is 0.254 e. The molecule has 0 spiro atoms. The van der Waals surface area contributed by atoms with Crippen LogP contribution in [0.5, 0.6) is 0 Å². The topological polar surface area (TPSA) is 46.3 Å². The Morgan fingerprint density at radius 2 is 2.15 bits per heavy atom. The molecule has 0 aromatic heterocycles. The van der Waals surface area contributed by atoms with Gasteiger partial charge in [-0.05, 0) is 44.1 Å². The van der Waals surface area contributed by atoms with E-state index in [-0.39, 0.29) is 24.4 Å². The summed E-state index contributed by atoms with van der Waals surface area (Å²) in [7, 11) is 0. The predicted octanol–water partition coefficient (Wildman–Crippen LogP) is 3.03. The molecule has 2 atom stereocenters. The molecule has 3 nitrogen and oxygen atoms in total. The fourth-order valence-corrected chi connectivity index (χ4v) is 3.21. The van der Waals surface area contributed by atoms with E-state index in [1.165, 1.54) is 0 Å². The zero-order valence-electron chi connectivity index (χ0n) is 12.0. The second-order valence-corrected chi connectivity index (χ2v) is 6.06. The largest absolute Gasteiger partial charge is 0.338 e. The SMILES string of the molecule is CSc1ccccc1C(=O)N1CCCC(C(C)N)C1.Cl. The highest BCUT2D eigenvalue weighted by Crippen LogP contribution is 2.25. The van der Waals surface area contributed by atoms with Crippen molar-refractivity contribution >= 4 is 30.1 Å². The molecule has 1 heterocycles. The third-order valence-electron chi connectivity index (χ3n) is 3.83. The number of carbonyl (C=O) groups is 1. The van der Waals surface area contributed by atoms with Gasteiger partial charge in [0, 0.05) is 24.0 Å². The minimum absolute atomic E-state index is 0. The zero-order valence-corrected chi connectivity index (χ0v) is 13.7. The number of piperidine rings is 1. The molecule has 2 unspecified atom stereocenters. The van der Waals surface area contributed by atoms with E-state index >= 15 is 0 Å². The molecule has 0 aliphatic carbocycles. The number of thioether (sulfide) groups is 1. The normalized spacial score (nSPS) is 20.1. The Balaban J connectivity index is 0.00000200. The molecular formula is C15H23ClN2OS. The number of hydrogen-bond donors (Lipinski definition) is 1. The Morgan fingerprint density at radius 1 is 1.45 bits per heavy atom. The summed E-state index contributed by atoms with van der Waals surface area (Å²) in [5.74, 6) is 0.578. The molecule has 1 aromatic carbocycles. The molecule has 0 saturated carbocycles. The van der Waals surface area contributed by atoms with Crippen LogP contribution >= 0.6 is 24.2 Å². The van der Waals surface area contributed by atoms with Crippen LogP contribution in [0.4, 0.5) is 0 Å². The molecule has 1 aliphatic rings. The Morgan fingerprint density at radius 3 is 2.80 bits per heavy atom. The Hall–Kier alpha value is -0.710. The van der Waals surface area contributed by atoms with E-state index in [0.29, 0.717) is 5.92 Å². The second-order valence-electron chi connectivity index (χ2n) is 5.21. The number of nitrogens with two attached hydrogens (primary N) is 1. The summed E-state index contributed by atoms with van der Waals surface area (Å²) < 4.78 is 0. The van der Waals surface area contributed by atoms with Crippen LogP contribution in [0.25, 0.3) is 0 Å². The number of amides is 1. The van der Waals surface area contributed by atoms with E-state index in [2.05, 4.69) is 0 Å². The van der Waals surface area contributed by atoms with E-state index in [0.717, 1.165) is 36.4 Å². The van der Waals surface area contributed by atoms with Gasteiger partial charge in [0.1, 0.15) is 0 Å². The molecule has 1 aromatic rings. The van der Waals surface area contributed by atoms with Crippen molar-refractivity contribution in [1.29, 1.82) is 0 Å². The highest BCUT2D eigenvalue weighted by Gasteiger charge is 2.27. The van der Waals surface area contributed by atoms with Gasteiger partial charge >= 0.3 is 0 Å². The maximum absolute atomic E-state index is 12.6. The maximum atomic E-state index is 12.6. The van der Waals surface area contributed by atoms with Gasteiger partial charge in [-0.2, -0.15) is 0 Å². The van der Waals surface area contributed by atoms with Crippen LogP contribution in [-0.2, 0) is 0 Å². The minimum Gasteiger partial charge on any atom is -0.338 e. The van der Waals surface area contributed by atoms with Crippen LogP contribution < -0.4 is 5.73 Å². The van der Waals surface area contributed by atoms with Crippen molar-refractivity contribution in [2.75, 3.05) is 19.3 Å². The van der Waals surface area contributed by atoms with Crippen LogP contribution in [0.3, 0.4) is 0 Å². The van der Waals surface area contributed by atoms with Crippen molar-refractivity contribution in [2.24, 2.45) is 11.7 Å². The van der Waals surface area contributed by atoms with Gasteiger partial charge in [0.25, 0.3) is 5.91 Å². The van der Waals surface area contributed by atoms with Gasteiger partial charge in [-0.15, -0.1) is 24.2 Å². The number of nitrogens with zero attached hydrogens (tertiary/aromatic N) is 1. The zero-order chi connectivity index (χ0) is 13.8. The lowest BCUT2D eigenvalue weighted by Crippen LogP contribution is -2.45. The number of likely N-dealkylation sites (tertiary alicyclic amines) is 1. The molecule has 0 radical (unpaired) electrons. The first-order valence-electron chi connectivity index (χ1n) is 6.81. The van der Waals surface area contributed by atoms with Gasteiger partial charge in [-0.25, -0.2) is 0 Å². The van der Waals surface area contributed by atoms with Crippen molar-refractivity contribution in [3.8, 4) is 0 Å². The predicted molar refractivity (Wildman–Crippen MR) is 87.7 cm³/mol. The molecule has 20 heavy (non-hydrogen) atoms. The third-order valence-corrected chi connectivity index (χ3v) is 4.62. The fourth-order valence-electron chi connectivity index (χ4n) is 2.62. The van der Waals surface area contributed by atoms with Crippen LogP contribution in [-0.4, -0.2) is 36.2 Å². The first-order valence-corrected chi connectivity index (χ1v) is 8.04. The molecule has 2 rings (SSSR count). The first-order chi connectivity index (χ1) is 9.13. The Labute approximate surface area is 131 Å². The molecule has 1 saturated heterocycles. The molecule has 1 aliphatic heterocycles. The molecule has 2 N–H and O–H groups in total. The van der Waals surface area contributed by atoms with Crippen LogP contribution in [0.15, 0.2) is 29.2 Å². The standard InChI is InChI=1S/C15H22N2OS.ClH/c1-11(16)12-6-5-9-17(10-12)15(18)13-7-3-4-8-14(13)19-2;/h3-4,7-8,11-12H,5-6,9-10,16H2,1-2H3;1H. The van der Waals surface area contributed by atoms with Crippen LogP contribution in [0.1, 0.15) is 30.1 Å². The van der Waals surface area contributed by atoms with E-state index in [4.69, 9.17) is 5.73 Å². The average Bonchev–Trinajstić information content (AvgIpc) is 2.46. The monoisotopic (exact) mass is 314 g/mol. The second kappa shape index (κ2) is 7.91. The molecule has 112 valence electrons. The van der Waals surface area contributed by atoms with E-state index in [1.54, 1.807) is 11.8 Å². The summed E-state index contributed by atoms with van der Waals surface area (Å²) in [4.78, 5) is 15.6. The minimum atomic E-state index is 0. The summed E-state index contributed by atoms with van der Waals surface area (Å²) in [6.07, 6.45) is 4.19. The fraction of sp³-hybridized carbons (Fsp3) is 0.533. The lowest BCUT2D eigenvalue weighted by atomic mass is 9.92. The third kappa shape index (κ3) is 3.90. The smallest absolute Gasteiger partial charge is 0.254 e. The summed E-state index contributed by atoms with van der Waals surface area (Å²) in [6, 6.07) is 7.99. The van der Waals surface area contributed by atoms with Crippen molar-refractivity contribution < 1.29 is 4.79 Å². The van der Waals surface area contributed by atoms with Crippen LogP contribution in [0.2, 0.25) is 0 Å². The summed E-state index contributed by atoms with van der Waals surface area (Å²) in [5, 5.41) is 0. The molecule has 5 heteroatoms. The van der Waals surface area contributed by atoms with E-state index in [9.17, 15) is 4.79 Å². The van der Waals surface area contributed by atoms with Crippen molar-refractivity contribution in [2.45, 2.75) is 30.7 Å². The van der Waals surface area contributed by atoms with Gasteiger partial charge in [0.2, 0.25) is 0 Å². The number of rotatable bonds is 3. The van der Waals surface area contributed by atoms with E-state index in [1.807, 2.05) is 42.3 Å². The highest BCUT2D eigenvalue weighted by molar-refractivity contribution is 7.98. The number of halogens is 1. The summed E-state index contributed by atoms with van der Waals surface area (Å²) >= 11 is 1.62. The molecule has 1 amide bonds. The number of hydrogen-bond acceptors (Lipinski definition) is 3. The van der Waals surface area contributed by atoms with E-state index < -0.39 is 0 Å². The molecule has 0 bridgehead atoms. The van der Waals surface area contributed by atoms with Crippen LogP contribution in [0, 0.1) is 5.92 Å². The summed E-state index contributed by atoms with van der Waals surface area (Å²) in [5.41, 5.74) is 6.80. The lowest BCUT2D eigenvalue weighted by Gasteiger charge is -2.35. The number of carbonyl (C=O) groups excluding carboxylic acids is 1. The number of benzene rings is 1. The lowest BCUT2D eigenvalue weighted by molar-refractivity contribution is 0.0657. The van der Waals surface area contributed by atoms with Gasteiger partial charge in [-0.3, -0.25) is 4.79 Å². The van der Waals surface area contributed by atoms with Crippen molar-refractivity contribution in [1.82, 2.24) is 4.90 Å². The van der Waals surface area contributed by atoms with Crippen molar-refractivity contribution in [3.05, 3.63) is 29.8 Å². The Kier molecular flexibility index (Phi) is 6.86. The first kappa shape index (κ1) is 17.3. The van der Waals surface area contributed by atoms with Gasteiger partial charge < -0.3 is 10.6 Å². The van der Waals surface area contributed by atoms with Gasteiger partial charge in [-0.1, -0.05) is 12.1 Å².